The van der Waals surface area contributed by atoms with Crippen molar-refractivity contribution in [1.29, 1.82) is 0 Å². The second-order valence-electron chi connectivity index (χ2n) is 2.51. The third-order valence-corrected chi connectivity index (χ3v) is 1.94. The van der Waals surface area contributed by atoms with Gasteiger partial charge in [-0.2, -0.15) is 5.10 Å². The summed E-state index contributed by atoms with van der Waals surface area (Å²) in [5.74, 6) is 0. The van der Waals surface area contributed by atoms with Crippen molar-refractivity contribution in [3.63, 3.8) is 0 Å². The van der Waals surface area contributed by atoms with E-state index in [1.165, 1.54) is 0 Å². The summed E-state index contributed by atoms with van der Waals surface area (Å²) in [5, 5.41) is 8.82. The molecule has 0 atom stereocenters. The predicted octanol–water partition coefficient (Wildman–Crippen LogP) is 3.55. The number of hydrogen-bond acceptors (Lipinski definition) is 1. The molecule has 0 aliphatic heterocycles. The highest BCUT2D eigenvalue weighted by atomic mass is 35.5. The zero-order valence-electron chi connectivity index (χ0n) is 8.06. The molecule has 0 amide bonds. The summed E-state index contributed by atoms with van der Waals surface area (Å²) < 4.78 is 0. The summed E-state index contributed by atoms with van der Waals surface area (Å²) in [6, 6.07) is 5.68. The van der Waals surface area contributed by atoms with Crippen molar-refractivity contribution in [3.05, 3.63) is 28.9 Å². The summed E-state index contributed by atoms with van der Waals surface area (Å²) in [6.07, 6.45) is 0. The molecule has 13 heavy (non-hydrogen) atoms. The fraction of sp³-hybridized carbons (Fsp3) is 0.300. The standard InChI is InChI=1S/C8H7ClN2.C2H6/c1-5-7-3-2-6(9)4-8(7)11-10-5;1-2/h2-4H,1H3,(H,10,11);1-2H3. The SMILES string of the molecule is CC.Cc1[nH]nc2cc(Cl)ccc12. The van der Waals surface area contributed by atoms with Crippen LogP contribution in [0.1, 0.15) is 19.5 Å². The maximum absolute atomic E-state index is 5.77. The summed E-state index contributed by atoms with van der Waals surface area (Å²) in [6.45, 7) is 5.99. The predicted molar refractivity (Wildman–Crippen MR) is 57.2 cm³/mol. The van der Waals surface area contributed by atoms with E-state index in [2.05, 4.69) is 10.2 Å². The average Bonchev–Trinajstić information content (AvgIpc) is 2.51. The summed E-state index contributed by atoms with van der Waals surface area (Å²) >= 11 is 5.77. The number of fused-ring (bicyclic) bond motifs is 1. The van der Waals surface area contributed by atoms with Crippen LogP contribution in [0, 0.1) is 6.92 Å². The number of aromatic nitrogens is 2. The first-order valence-electron chi connectivity index (χ1n) is 4.37. The first kappa shape index (κ1) is 10.1. The van der Waals surface area contributed by atoms with Crippen molar-refractivity contribution < 1.29 is 0 Å². The molecule has 0 saturated carbocycles. The molecular weight excluding hydrogens is 184 g/mol. The Labute approximate surface area is 82.9 Å². The van der Waals surface area contributed by atoms with Crippen molar-refractivity contribution in [2.45, 2.75) is 20.8 Å². The number of benzene rings is 1. The number of rotatable bonds is 0. The van der Waals surface area contributed by atoms with Crippen LogP contribution in [0.25, 0.3) is 10.9 Å². The van der Waals surface area contributed by atoms with Crippen molar-refractivity contribution >= 4 is 22.5 Å². The van der Waals surface area contributed by atoms with Crippen LogP contribution in [0.2, 0.25) is 5.02 Å². The lowest BCUT2D eigenvalue weighted by molar-refractivity contribution is 1.07. The third kappa shape index (κ3) is 2.01. The van der Waals surface area contributed by atoms with Gasteiger partial charge in [-0.1, -0.05) is 25.4 Å². The molecule has 1 N–H and O–H groups in total. The maximum atomic E-state index is 5.77. The van der Waals surface area contributed by atoms with Crippen molar-refractivity contribution in [2.75, 3.05) is 0 Å². The van der Waals surface area contributed by atoms with E-state index in [0.717, 1.165) is 21.6 Å². The highest BCUT2D eigenvalue weighted by molar-refractivity contribution is 6.31. The largest absolute Gasteiger partial charge is 0.282 e. The lowest BCUT2D eigenvalue weighted by atomic mass is 10.2. The molecule has 0 aliphatic rings. The Morgan fingerprint density at radius 3 is 2.69 bits per heavy atom. The molecule has 0 fully saturated rings. The number of nitrogens with zero attached hydrogens (tertiary/aromatic N) is 1. The Hall–Kier alpha value is -1.02. The average molecular weight is 197 g/mol. The molecule has 1 aromatic heterocycles. The summed E-state index contributed by atoms with van der Waals surface area (Å²) in [7, 11) is 0. The van der Waals surface area contributed by atoms with E-state index < -0.39 is 0 Å². The van der Waals surface area contributed by atoms with Gasteiger partial charge >= 0.3 is 0 Å². The Morgan fingerprint density at radius 2 is 2.00 bits per heavy atom. The lowest BCUT2D eigenvalue weighted by Gasteiger charge is -1.88. The van der Waals surface area contributed by atoms with Crippen molar-refractivity contribution in [3.8, 4) is 0 Å². The quantitative estimate of drug-likeness (QED) is 0.686. The zero-order chi connectivity index (χ0) is 9.84. The van der Waals surface area contributed by atoms with Crippen LogP contribution >= 0.6 is 11.6 Å². The molecule has 0 radical (unpaired) electrons. The molecule has 0 bridgehead atoms. The number of H-pyrrole nitrogens is 1. The molecule has 0 aliphatic carbocycles. The van der Waals surface area contributed by atoms with Crippen molar-refractivity contribution in [1.82, 2.24) is 10.2 Å². The molecule has 70 valence electrons. The van der Waals surface area contributed by atoms with E-state index in [1.807, 2.05) is 39.0 Å². The third-order valence-electron chi connectivity index (χ3n) is 1.71. The zero-order valence-corrected chi connectivity index (χ0v) is 8.81. The normalized spacial score (nSPS) is 9.54. The Bertz CT molecular complexity index is 393. The molecule has 1 aromatic carbocycles. The van der Waals surface area contributed by atoms with Crippen LogP contribution in [-0.2, 0) is 0 Å². The Balaban J connectivity index is 0.000000396. The number of nitrogens with one attached hydrogen (secondary N) is 1. The Kier molecular flexibility index (Phi) is 3.32. The van der Waals surface area contributed by atoms with Gasteiger partial charge in [-0.15, -0.1) is 0 Å². The van der Waals surface area contributed by atoms with Crippen LogP contribution in [0.3, 0.4) is 0 Å². The molecule has 3 heteroatoms. The van der Waals surface area contributed by atoms with Gasteiger partial charge in [0.25, 0.3) is 0 Å². The van der Waals surface area contributed by atoms with Crippen LogP contribution in [0.4, 0.5) is 0 Å². The van der Waals surface area contributed by atoms with E-state index in [-0.39, 0.29) is 0 Å². The second-order valence-corrected chi connectivity index (χ2v) is 2.95. The minimum Gasteiger partial charge on any atom is -0.282 e. The number of hydrogen-bond donors (Lipinski definition) is 1. The lowest BCUT2D eigenvalue weighted by Crippen LogP contribution is -1.68. The fourth-order valence-electron chi connectivity index (χ4n) is 1.12. The molecule has 0 unspecified atom stereocenters. The van der Waals surface area contributed by atoms with Gasteiger partial charge in [-0.05, 0) is 25.1 Å². The highest BCUT2D eigenvalue weighted by Gasteiger charge is 1.99. The van der Waals surface area contributed by atoms with Gasteiger partial charge < -0.3 is 0 Å². The highest BCUT2D eigenvalue weighted by Crippen LogP contribution is 2.18. The molecule has 0 spiro atoms. The van der Waals surface area contributed by atoms with Gasteiger partial charge in [-0.25, -0.2) is 0 Å². The van der Waals surface area contributed by atoms with Gasteiger partial charge in [0.2, 0.25) is 0 Å². The van der Waals surface area contributed by atoms with E-state index in [4.69, 9.17) is 11.6 Å². The molecule has 2 rings (SSSR count). The first-order chi connectivity index (χ1) is 6.27. The minimum absolute atomic E-state index is 0.726. The molecule has 2 nitrogen and oxygen atoms in total. The van der Waals surface area contributed by atoms with Crippen LogP contribution < -0.4 is 0 Å². The van der Waals surface area contributed by atoms with Crippen LogP contribution in [0.15, 0.2) is 18.2 Å². The van der Waals surface area contributed by atoms with E-state index in [1.54, 1.807) is 0 Å². The molecule has 2 aromatic rings. The smallest absolute Gasteiger partial charge is 0.0938 e. The Morgan fingerprint density at radius 1 is 1.31 bits per heavy atom. The topological polar surface area (TPSA) is 28.7 Å². The number of halogens is 1. The number of aryl methyl sites for hydroxylation is 1. The number of aromatic amines is 1. The molecule has 1 heterocycles. The second kappa shape index (κ2) is 4.28. The monoisotopic (exact) mass is 196 g/mol. The van der Waals surface area contributed by atoms with Gasteiger partial charge in [0.05, 0.1) is 5.52 Å². The summed E-state index contributed by atoms with van der Waals surface area (Å²) in [4.78, 5) is 0. The van der Waals surface area contributed by atoms with Crippen molar-refractivity contribution in [2.24, 2.45) is 0 Å². The van der Waals surface area contributed by atoms with Gasteiger partial charge in [-0.3, -0.25) is 5.10 Å². The van der Waals surface area contributed by atoms with Gasteiger partial charge in [0, 0.05) is 16.1 Å². The molecule has 0 saturated heterocycles. The fourth-order valence-corrected chi connectivity index (χ4v) is 1.29. The van der Waals surface area contributed by atoms with Crippen LogP contribution in [0.5, 0.6) is 0 Å². The minimum atomic E-state index is 0.726. The van der Waals surface area contributed by atoms with E-state index >= 15 is 0 Å². The van der Waals surface area contributed by atoms with Crippen LogP contribution in [-0.4, -0.2) is 10.2 Å². The first-order valence-corrected chi connectivity index (χ1v) is 4.75. The van der Waals surface area contributed by atoms with E-state index in [0.29, 0.717) is 0 Å². The summed E-state index contributed by atoms with van der Waals surface area (Å²) in [5.41, 5.74) is 2.01. The maximum Gasteiger partial charge on any atom is 0.0938 e. The van der Waals surface area contributed by atoms with Gasteiger partial charge in [0.15, 0.2) is 0 Å². The molecular formula is C10H13ClN2. The van der Waals surface area contributed by atoms with E-state index in [9.17, 15) is 0 Å². The van der Waals surface area contributed by atoms with Gasteiger partial charge in [0.1, 0.15) is 0 Å².